The van der Waals surface area contributed by atoms with Crippen LogP contribution in [0.25, 0.3) is 0 Å². The molecule has 0 aliphatic rings. The maximum atomic E-state index is 11.1. The van der Waals surface area contributed by atoms with Crippen LogP contribution < -0.4 is 9.47 Å². The van der Waals surface area contributed by atoms with Crippen molar-refractivity contribution in [1.82, 2.24) is 0 Å². The third-order valence-corrected chi connectivity index (χ3v) is 2.59. The number of carboxylic acids is 2. The van der Waals surface area contributed by atoms with Crippen LogP contribution in [0.3, 0.4) is 0 Å². The third kappa shape index (κ3) is 3.51. The van der Waals surface area contributed by atoms with E-state index in [4.69, 9.17) is 31.3 Å². The van der Waals surface area contributed by atoms with Gasteiger partial charge in [-0.05, 0) is 12.5 Å². The van der Waals surface area contributed by atoms with Gasteiger partial charge in [0.1, 0.15) is 5.56 Å². The van der Waals surface area contributed by atoms with E-state index in [1.807, 2.05) is 0 Å². The summed E-state index contributed by atoms with van der Waals surface area (Å²) in [5, 5.41) is 18.2. The van der Waals surface area contributed by atoms with Crippen LogP contribution in [0.5, 0.6) is 11.5 Å². The van der Waals surface area contributed by atoms with Crippen molar-refractivity contribution >= 4 is 23.5 Å². The zero-order chi connectivity index (χ0) is 14.6. The molecule has 1 aromatic rings. The van der Waals surface area contributed by atoms with E-state index in [0.717, 1.165) is 0 Å². The quantitative estimate of drug-likeness (QED) is 0.834. The highest BCUT2D eigenvalue weighted by Crippen LogP contribution is 2.35. The Labute approximate surface area is 114 Å². The lowest BCUT2D eigenvalue weighted by atomic mass is 10.1. The van der Waals surface area contributed by atoms with Gasteiger partial charge in [-0.25, -0.2) is 9.59 Å². The fraction of sp³-hybridized carbons (Fsp3) is 0.333. The van der Waals surface area contributed by atoms with Crippen LogP contribution >= 0.6 is 11.6 Å². The molecule has 0 fully saturated rings. The Morgan fingerprint density at radius 1 is 1.37 bits per heavy atom. The molecule has 0 heterocycles. The standard InChI is InChI=1S/C12H13ClO6/c1-3-8(12(16)17)19-10-7(11(14)15)4-6(13)5-9(10)18-2/h4-5,8H,3H2,1-2H3,(H,14,15)(H,16,17). The van der Waals surface area contributed by atoms with Crippen LogP contribution in [0, 0.1) is 0 Å². The predicted octanol–water partition coefficient (Wildman–Crippen LogP) is 2.29. The lowest BCUT2D eigenvalue weighted by Gasteiger charge is -2.17. The third-order valence-electron chi connectivity index (χ3n) is 2.38. The van der Waals surface area contributed by atoms with Crippen LogP contribution in [0.2, 0.25) is 5.02 Å². The number of carboxylic acid groups (broad SMARTS) is 2. The number of hydrogen-bond donors (Lipinski definition) is 2. The highest BCUT2D eigenvalue weighted by Gasteiger charge is 2.24. The van der Waals surface area contributed by atoms with Crippen LogP contribution in [-0.2, 0) is 4.79 Å². The van der Waals surface area contributed by atoms with Gasteiger partial charge in [0.05, 0.1) is 7.11 Å². The van der Waals surface area contributed by atoms with Crippen LogP contribution in [0.1, 0.15) is 23.7 Å². The van der Waals surface area contributed by atoms with Crippen LogP contribution in [0.15, 0.2) is 12.1 Å². The number of hydrogen-bond acceptors (Lipinski definition) is 4. The number of ether oxygens (including phenoxy) is 2. The van der Waals surface area contributed by atoms with E-state index in [0.29, 0.717) is 0 Å². The minimum Gasteiger partial charge on any atom is -0.493 e. The fourth-order valence-electron chi connectivity index (χ4n) is 1.45. The monoisotopic (exact) mass is 288 g/mol. The van der Waals surface area contributed by atoms with Gasteiger partial charge in [0.2, 0.25) is 0 Å². The number of aromatic carboxylic acids is 1. The molecule has 6 nitrogen and oxygen atoms in total. The van der Waals surface area contributed by atoms with Crippen molar-refractivity contribution in [3.63, 3.8) is 0 Å². The van der Waals surface area contributed by atoms with E-state index < -0.39 is 18.0 Å². The van der Waals surface area contributed by atoms with Crippen LogP contribution in [0.4, 0.5) is 0 Å². The summed E-state index contributed by atoms with van der Waals surface area (Å²) >= 11 is 5.76. The number of halogens is 1. The number of rotatable bonds is 6. The van der Waals surface area contributed by atoms with E-state index in [9.17, 15) is 9.59 Å². The minimum atomic E-state index is -1.28. The van der Waals surface area contributed by atoms with Gasteiger partial charge in [-0.2, -0.15) is 0 Å². The molecular formula is C12H13ClO6. The summed E-state index contributed by atoms with van der Waals surface area (Å²) < 4.78 is 10.2. The van der Waals surface area contributed by atoms with E-state index in [1.54, 1.807) is 6.92 Å². The van der Waals surface area contributed by atoms with Gasteiger partial charge in [0.25, 0.3) is 0 Å². The summed E-state index contributed by atoms with van der Waals surface area (Å²) in [5.41, 5.74) is -0.246. The van der Waals surface area contributed by atoms with Crippen molar-refractivity contribution in [3.05, 3.63) is 22.7 Å². The normalized spacial score (nSPS) is 11.7. The van der Waals surface area contributed by atoms with E-state index in [2.05, 4.69) is 0 Å². The van der Waals surface area contributed by atoms with Gasteiger partial charge >= 0.3 is 11.9 Å². The fourth-order valence-corrected chi connectivity index (χ4v) is 1.66. The first kappa shape index (κ1) is 15.1. The molecule has 0 radical (unpaired) electrons. The Balaban J connectivity index is 3.30. The molecule has 104 valence electrons. The number of aliphatic carboxylic acids is 1. The van der Waals surface area contributed by atoms with Crippen molar-refractivity contribution in [2.75, 3.05) is 7.11 Å². The van der Waals surface area contributed by atoms with E-state index >= 15 is 0 Å². The van der Waals surface area contributed by atoms with Crippen LogP contribution in [-0.4, -0.2) is 35.4 Å². The van der Waals surface area contributed by atoms with Crippen molar-refractivity contribution in [3.8, 4) is 11.5 Å². The Morgan fingerprint density at radius 2 is 2.00 bits per heavy atom. The Kier molecular flexibility index (Phi) is 5.00. The van der Waals surface area contributed by atoms with Crippen molar-refractivity contribution in [2.24, 2.45) is 0 Å². The summed E-state index contributed by atoms with van der Waals surface area (Å²) in [6, 6.07) is 2.54. The molecular weight excluding hydrogens is 276 g/mol. The molecule has 2 N–H and O–H groups in total. The second kappa shape index (κ2) is 6.29. The minimum absolute atomic E-state index is 0.0737. The van der Waals surface area contributed by atoms with Gasteiger partial charge in [-0.3, -0.25) is 0 Å². The molecule has 1 atom stereocenters. The Bertz CT molecular complexity index is 499. The number of carbonyl (C=O) groups is 2. The lowest BCUT2D eigenvalue weighted by Crippen LogP contribution is -2.27. The van der Waals surface area contributed by atoms with E-state index in [1.165, 1.54) is 19.2 Å². The predicted molar refractivity (Wildman–Crippen MR) is 67.3 cm³/mol. The SMILES string of the molecule is CCC(Oc1c(OC)cc(Cl)cc1C(=O)O)C(=O)O. The molecule has 1 aromatic carbocycles. The summed E-state index contributed by atoms with van der Waals surface area (Å²) in [7, 11) is 1.31. The Morgan fingerprint density at radius 3 is 2.42 bits per heavy atom. The average molecular weight is 289 g/mol. The molecule has 0 bridgehead atoms. The van der Waals surface area contributed by atoms with Gasteiger partial charge in [0.15, 0.2) is 17.6 Å². The molecule has 0 aliphatic heterocycles. The lowest BCUT2D eigenvalue weighted by molar-refractivity contribution is -0.145. The summed E-state index contributed by atoms with van der Waals surface area (Å²) in [4.78, 5) is 22.1. The Hall–Kier alpha value is -1.95. The second-order valence-electron chi connectivity index (χ2n) is 3.64. The number of methoxy groups -OCH3 is 1. The zero-order valence-electron chi connectivity index (χ0n) is 10.3. The maximum Gasteiger partial charge on any atom is 0.344 e. The second-order valence-corrected chi connectivity index (χ2v) is 4.08. The molecule has 0 aromatic heterocycles. The molecule has 0 aliphatic carbocycles. The molecule has 0 spiro atoms. The molecule has 0 amide bonds. The highest BCUT2D eigenvalue weighted by molar-refractivity contribution is 6.31. The summed E-state index contributed by atoms with van der Waals surface area (Å²) in [5.74, 6) is -2.54. The van der Waals surface area contributed by atoms with E-state index in [-0.39, 0.29) is 28.5 Å². The molecule has 1 rings (SSSR count). The molecule has 19 heavy (non-hydrogen) atoms. The summed E-state index contributed by atoms with van der Waals surface area (Å²) in [6.07, 6.45) is -0.978. The van der Waals surface area contributed by atoms with Crippen molar-refractivity contribution in [1.29, 1.82) is 0 Å². The summed E-state index contributed by atoms with van der Waals surface area (Å²) in [6.45, 7) is 1.61. The number of benzene rings is 1. The maximum absolute atomic E-state index is 11.1. The molecule has 0 saturated carbocycles. The smallest absolute Gasteiger partial charge is 0.344 e. The molecule has 0 saturated heterocycles. The van der Waals surface area contributed by atoms with Crippen molar-refractivity contribution in [2.45, 2.75) is 19.4 Å². The first-order chi connectivity index (χ1) is 8.90. The zero-order valence-corrected chi connectivity index (χ0v) is 11.1. The van der Waals surface area contributed by atoms with Gasteiger partial charge in [0, 0.05) is 11.1 Å². The first-order valence-electron chi connectivity index (χ1n) is 5.41. The first-order valence-corrected chi connectivity index (χ1v) is 5.78. The van der Waals surface area contributed by atoms with Crippen molar-refractivity contribution < 1.29 is 29.3 Å². The van der Waals surface area contributed by atoms with Gasteiger partial charge in [-0.1, -0.05) is 18.5 Å². The average Bonchev–Trinajstić information content (AvgIpc) is 2.35. The van der Waals surface area contributed by atoms with Gasteiger partial charge in [-0.15, -0.1) is 0 Å². The largest absolute Gasteiger partial charge is 0.493 e. The molecule has 1 unspecified atom stereocenters. The highest BCUT2D eigenvalue weighted by atomic mass is 35.5. The topological polar surface area (TPSA) is 93.1 Å². The van der Waals surface area contributed by atoms with Gasteiger partial charge < -0.3 is 19.7 Å². The molecule has 7 heteroatoms.